The molecule has 2 amide bonds. The molecule has 0 bridgehead atoms. The Hall–Kier alpha value is -1.80. The number of esters is 1. The number of hydrogen-bond donors (Lipinski definition) is 1. The molecule has 102 valence electrons. The first-order valence-corrected chi connectivity index (χ1v) is 4.97. The number of carbonyl (C=O) groups excluding carboxylic acids is 3. The van der Waals surface area contributed by atoms with Crippen LogP contribution in [0.2, 0.25) is 0 Å². The van der Waals surface area contributed by atoms with E-state index < -0.39 is 42.7 Å². The Bertz CT molecular complexity index is 382. The van der Waals surface area contributed by atoms with Crippen molar-refractivity contribution in [3.63, 3.8) is 0 Å². The molecule has 0 saturated carbocycles. The molecule has 9 heteroatoms. The van der Waals surface area contributed by atoms with Crippen LogP contribution in [0.1, 0.15) is 13.3 Å². The minimum atomic E-state index is -5.10. The third-order valence-electron chi connectivity index (χ3n) is 2.43. The minimum absolute atomic E-state index is 0.225. The quantitative estimate of drug-likeness (QED) is 0.688. The number of nitrogens with two attached hydrogens (primary N) is 1. The second-order valence-corrected chi connectivity index (χ2v) is 3.84. The zero-order chi connectivity index (χ0) is 14.1. The molecule has 2 atom stereocenters. The Balaban J connectivity index is 2.85. The van der Waals surface area contributed by atoms with Crippen molar-refractivity contribution in [2.24, 2.45) is 5.73 Å². The van der Waals surface area contributed by atoms with Crippen LogP contribution in [0.15, 0.2) is 0 Å². The number of halogens is 3. The van der Waals surface area contributed by atoms with Crippen LogP contribution in [0.4, 0.5) is 13.2 Å². The van der Waals surface area contributed by atoms with Gasteiger partial charge in [-0.05, 0) is 0 Å². The van der Waals surface area contributed by atoms with Gasteiger partial charge in [-0.1, -0.05) is 0 Å². The Kier molecular flexibility index (Phi) is 3.82. The molecule has 0 spiro atoms. The van der Waals surface area contributed by atoms with E-state index in [9.17, 15) is 27.6 Å². The fourth-order valence-corrected chi connectivity index (χ4v) is 1.77. The van der Waals surface area contributed by atoms with Crippen molar-refractivity contribution in [1.82, 2.24) is 4.90 Å². The van der Waals surface area contributed by atoms with Crippen molar-refractivity contribution in [2.75, 3.05) is 6.54 Å². The van der Waals surface area contributed by atoms with E-state index in [0.717, 1.165) is 6.92 Å². The molecule has 6 nitrogen and oxygen atoms in total. The van der Waals surface area contributed by atoms with Crippen molar-refractivity contribution in [3.8, 4) is 0 Å². The molecule has 1 heterocycles. The number of rotatable bonds is 2. The van der Waals surface area contributed by atoms with Gasteiger partial charge in [0.2, 0.25) is 5.91 Å². The van der Waals surface area contributed by atoms with Crippen molar-refractivity contribution >= 4 is 17.8 Å². The van der Waals surface area contributed by atoms with Gasteiger partial charge in [-0.15, -0.1) is 0 Å². The van der Waals surface area contributed by atoms with Crippen molar-refractivity contribution in [2.45, 2.75) is 31.7 Å². The lowest BCUT2D eigenvalue weighted by Crippen LogP contribution is -2.49. The van der Waals surface area contributed by atoms with E-state index >= 15 is 0 Å². The summed E-state index contributed by atoms with van der Waals surface area (Å²) in [5.74, 6) is -3.94. The largest absolute Gasteiger partial charge is 0.471 e. The van der Waals surface area contributed by atoms with Crippen LogP contribution in [-0.2, 0) is 19.1 Å². The van der Waals surface area contributed by atoms with Crippen LogP contribution in [0.5, 0.6) is 0 Å². The van der Waals surface area contributed by atoms with Gasteiger partial charge in [0.1, 0.15) is 12.1 Å². The lowest BCUT2D eigenvalue weighted by atomic mass is 10.2. The van der Waals surface area contributed by atoms with Gasteiger partial charge in [0.15, 0.2) is 0 Å². The third-order valence-corrected chi connectivity index (χ3v) is 2.43. The molecule has 0 aromatic rings. The number of amides is 2. The maximum Gasteiger partial charge on any atom is 0.471 e. The number of primary amides is 1. The molecule has 2 unspecified atom stereocenters. The summed E-state index contributed by atoms with van der Waals surface area (Å²) in [4.78, 5) is 33.0. The second-order valence-electron chi connectivity index (χ2n) is 3.84. The summed E-state index contributed by atoms with van der Waals surface area (Å²) in [5.41, 5.74) is 4.92. The molecule has 1 aliphatic rings. The van der Waals surface area contributed by atoms with Gasteiger partial charge < -0.3 is 15.4 Å². The average Bonchev–Trinajstić information content (AvgIpc) is 2.57. The highest BCUT2D eigenvalue weighted by Crippen LogP contribution is 2.27. The number of ether oxygens (including phenoxy) is 1. The summed E-state index contributed by atoms with van der Waals surface area (Å²) in [5, 5.41) is 0. The molecular formula is C9H11F3N2O4. The first-order chi connectivity index (χ1) is 8.12. The van der Waals surface area contributed by atoms with Gasteiger partial charge in [0.05, 0.1) is 6.54 Å². The van der Waals surface area contributed by atoms with Crippen LogP contribution in [-0.4, -0.2) is 47.6 Å². The maximum absolute atomic E-state index is 12.3. The van der Waals surface area contributed by atoms with Crippen LogP contribution < -0.4 is 5.73 Å². The normalized spacial score (nSPS) is 23.9. The van der Waals surface area contributed by atoms with Gasteiger partial charge in [-0.3, -0.25) is 14.4 Å². The fraction of sp³-hybridized carbons (Fsp3) is 0.667. The Labute approximate surface area is 99.8 Å². The van der Waals surface area contributed by atoms with E-state index in [0.29, 0.717) is 0 Å². The standard InChI is InChI=1S/C9H11F3N2O4/c1-4(15)18-5-2-6(7(13)16)14(3-5)8(17)9(10,11)12/h5-6H,2-3H2,1H3,(H2,13,16). The van der Waals surface area contributed by atoms with Crippen LogP contribution in [0.25, 0.3) is 0 Å². The highest BCUT2D eigenvalue weighted by Gasteiger charge is 2.50. The Morgan fingerprint density at radius 1 is 1.33 bits per heavy atom. The van der Waals surface area contributed by atoms with Gasteiger partial charge in [0.25, 0.3) is 0 Å². The number of nitrogens with zero attached hydrogens (tertiary/aromatic N) is 1. The van der Waals surface area contributed by atoms with E-state index in [1.807, 2.05) is 0 Å². The zero-order valence-electron chi connectivity index (χ0n) is 9.36. The predicted octanol–water partition coefficient (Wildman–Crippen LogP) is -0.433. The molecule has 1 saturated heterocycles. The van der Waals surface area contributed by atoms with Crippen LogP contribution in [0, 0.1) is 0 Å². The molecular weight excluding hydrogens is 257 g/mol. The first-order valence-electron chi connectivity index (χ1n) is 4.97. The van der Waals surface area contributed by atoms with Crippen LogP contribution in [0.3, 0.4) is 0 Å². The summed E-state index contributed by atoms with van der Waals surface area (Å²) in [6, 6.07) is -1.41. The van der Waals surface area contributed by atoms with E-state index in [-0.39, 0.29) is 11.3 Å². The molecule has 0 radical (unpaired) electrons. The van der Waals surface area contributed by atoms with Gasteiger partial charge in [0, 0.05) is 13.3 Å². The summed E-state index contributed by atoms with van der Waals surface area (Å²) in [6.07, 6.45) is -6.28. The minimum Gasteiger partial charge on any atom is -0.461 e. The van der Waals surface area contributed by atoms with E-state index in [1.54, 1.807) is 0 Å². The molecule has 1 rings (SSSR count). The summed E-state index contributed by atoms with van der Waals surface area (Å²) in [7, 11) is 0. The zero-order valence-corrected chi connectivity index (χ0v) is 9.36. The smallest absolute Gasteiger partial charge is 0.461 e. The van der Waals surface area contributed by atoms with E-state index in [2.05, 4.69) is 4.74 Å². The van der Waals surface area contributed by atoms with E-state index in [4.69, 9.17) is 5.73 Å². The topological polar surface area (TPSA) is 89.7 Å². The fourth-order valence-electron chi connectivity index (χ4n) is 1.77. The highest BCUT2D eigenvalue weighted by atomic mass is 19.4. The van der Waals surface area contributed by atoms with Crippen LogP contribution >= 0.6 is 0 Å². The number of carbonyl (C=O) groups is 3. The summed E-state index contributed by atoms with van der Waals surface area (Å²) < 4.78 is 41.5. The Morgan fingerprint density at radius 3 is 2.28 bits per heavy atom. The molecule has 1 aliphatic heterocycles. The van der Waals surface area contributed by atoms with Crippen molar-refractivity contribution < 1.29 is 32.3 Å². The summed E-state index contributed by atoms with van der Waals surface area (Å²) in [6.45, 7) is 0.582. The van der Waals surface area contributed by atoms with Gasteiger partial charge in [-0.25, -0.2) is 0 Å². The van der Waals surface area contributed by atoms with Crippen molar-refractivity contribution in [3.05, 3.63) is 0 Å². The number of hydrogen-bond acceptors (Lipinski definition) is 4. The molecule has 18 heavy (non-hydrogen) atoms. The van der Waals surface area contributed by atoms with E-state index in [1.165, 1.54) is 0 Å². The Morgan fingerprint density at radius 2 is 1.89 bits per heavy atom. The lowest BCUT2D eigenvalue weighted by molar-refractivity contribution is -0.187. The van der Waals surface area contributed by atoms with Gasteiger partial charge >= 0.3 is 18.1 Å². The SMILES string of the molecule is CC(=O)OC1CC(C(N)=O)N(C(=O)C(F)(F)F)C1. The number of alkyl halides is 3. The number of likely N-dealkylation sites (tertiary alicyclic amines) is 1. The molecule has 0 aromatic carbocycles. The monoisotopic (exact) mass is 268 g/mol. The highest BCUT2D eigenvalue weighted by molar-refractivity contribution is 5.89. The average molecular weight is 268 g/mol. The molecule has 0 aromatic heterocycles. The lowest BCUT2D eigenvalue weighted by Gasteiger charge is -2.22. The first kappa shape index (κ1) is 14.3. The summed E-state index contributed by atoms with van der Waals surface area (Å²) >= 11 is 0. The molecule has 0 aliphatic carbocycles. The van der Waals surface area contributed by atoms with Crippen molar-refractivity contribution in [1.29, 1.82) is 0 Å². The maximum atomic E-state index is 12.3. The molecule has 2 N–H and O–H groups in total. The second kappa shape index (κ2) is 4.83. The third kappa shape index (κ3) is 3.11. The van der Waals surface area contributed by atoms with Gasteiger partial charge in [-0.2, -0.15) is 13.2 Å². The predicted molar refractivity (Wildman–Crippen MR) is 50.9 cm³/mol. The molecule has 1 fully saturated rings.